The third kappa shape index (κ3) is 2.73. The summed E-state index contributed by atoms with van der Waals surface area (Å²) in [6, 6.07) is 8.75. The van der Waals surface area contributed by atoms with E-state index in [4.69, 9.17) is 15.2 Å². The van der Waals surface area contributed by atoms with E-state index in [-0.39, 0.29) is 17.2 Å². The number of hydrogen-bond donors (Lipinski definition) is 2. The fraction of sp³-hybridized carbons (Fsp3) is 0.235. The Morgan fingerprint density at radius 3 is 2.31 bits per heavy atom. The molecule has 9 heteroatoms. The van der Waals surface area contributed by atoms with E-state index in [0.29, 0.717) is 10.2 Å². The summed E-state index contributed by atoms with van der Waals surface area (Å²) in [6.07, 6.45) is -5.06. The van der Waals surface area contributed by atoms with Crippen molar-refractivity contribution >= 4 is 27.2 Å². The van der Waals surface area contributed by atoms with E-state index < -0.39 is 22.3 Å². The van der Waals surface area contributed by atoms with E-state index in [1.165, 1.54) is 20.3 Å². The van der Waals surface area contributed by atoms with Crippen LogP contribution >= 0.6 is 11.3 Å². The number of rotatable bonds is 4. The number of alkyl halides is 3. The Balaban J connectivity index is 2.33. The van der Waals surface area contributed by atoms with Crippen molar-refractivity contribution in [1.29, 1.82) is 0 Å². The first-order valence-corrected chi connectivity index (χ1v) is 8.21. The van der Waals surface area contributed by atoms with Crippen LogP contribution in [0.4, 0.5) is 18.9 Å². The molecule has 1 aromatic heterocycles. The lowest BCUT2D eigenvalue weighted by Gasteiger charge is -2.30. The summed E-state index contributed by atoms with van der Waals surface area (Å²) in [7, 11) is 2.46. The van der Waals surface area contributed by atoms with Crippen molar-refractivity contribution in [3.63, 3.8) is 0 Å². The molecule has 138 valence electrons. The van der Waals surface area contributed by atoms with Crippen LogP contribution in [0.25, 0.3) is 10.2 Å². The Labute approximate surface area is 150 Å². The molecule has 3 N–H and O–H groups in total. The van der Waals surface area contributed by atoms with Crippen molar-refractivity contribution in [2.24, 2.45) is 0 Å². The number of nitrogens with two attached hydrogens (primary N) is 1. The largest absolute Gasteiger partial charge is 0.496 e. The molecule has 3 rings (SSSR count). The number of ether oxygens (including phenoxy) is 2. The predicted molar refractivity (Wildman–Crippen MR) is 92.6 cm³/mol. The number of thiazole rings is 1. The maximum atomic E-state index is 14.0. The number of nitrogen functional groups attached to an aromatic ring is 1. The van der Waals surface area contributed by atoms with Gasteiger partial charge in [0.2, 0.25) is 5.60 Å². The standard InChI is InChI=1S/C17H15F3N2O3S/c1-24-12-8-10(21)13(25-2)7-9(12)16(23,17(18,19)20)15-22-11-5-3-4-6-14(11)26-15/h3-8,23H,21H2,1-2H3/t16-/m1/s1. The molecular formula is C17H15F3N2O3S. The van der Waals surface area contributed by atoms with E-state index in [9.17, 15) is 18.3 Å². The van der Waals surface area contributed by atoms with Crippen LogP contribution in [-0.4, -0.2) is 30.5 Å². The molecule has 1 atom stereocenters. The Bertz CT molecular complexity index is 925. The molecule has 1 heterocycles. The number of aromatic nitrogens is 1. The van der Waals surface area contributed by atoms with Crippen LogP contribution in [0, 0.1) is 0 Å². The quantitative estimate of drug-likeness (QED) is 0.671. The molecule has 0 radical (unpaired) electrons. The molecule has 0 fully saturated rings. The van der Waals surface area contributed by atoms with Crippen LogP contribution in [-0.2, 0) is 5.60 Å². The first kappa shape index (κ1) is 18.3. The van der Waals surface area contributed by atoms with Crippen molar-refractivity contribution in [3.8, 4) is 11.5 Å². The average molecular weight is 384 g/mol. The second kappa shape index (κ2) is 6.33. The SMILES string of the molecule is COc1cc([C@@](O)(c2nc3ccccc3s2)C(F)(F)F)c(OC)cc1N. The second-order valence-corrected chi connectivity index (χ2v) is 6.52. The van der Waals surface area contributed by atoms with Crippen molar-refractivity contribution in [2.75, 3.05) is 20.0 Å². The van der Waals surface area contributed by atoms with Gasteiger partial charge in [-0.15, -0.1) is 11.3 Å². The Morgan fingerprint density at radius 2 is 1.73 bits per heavy atom. The summed E-state index contributed by atoms with van der Waals surface area (Å²) in [5, 5.41) is 10.3. The van der Waals surface area contributed by atoms with E-state index in [2.05, 4.69) is 4.98 Å². The molecule has 0 aliphatic carbocycles. The number of aliphatic hydroxyl groups is 1. The van der Waals surface area contributed by atoms with E-state index >= 15 is 0 Å². The summed E-state index contributed by atoms with van der Waals surface area (Å²) in [4.78, 5) is 4.00. The zero-order valence-electron chi connectivity index (χ0n) is 13.8. The molecule has 0 bridgehead atoms. The molecule has 0 aliphatic rings. The van der Waals surface area contributed by atoms with Crippen LogP contribution < -0.4 is 15.2 Å². The van der Waals surface area contributed by atoms with Gasteiger partial charge in [0.15, 0.2) is 0 Å². The number of methoxy groups -OCH3 is 2. The highest BCUT2D eigenvalue weighted by Crippen LogP contribution is 2.50. The molecule has 26 heavy (non-hydrogen) atoms. The Hall–Kier alpha value is -2.52. The molecule has 0 unspecified atom stereocenters. The molecule has 0 spiro atoms. The van der Waals surface area contributed by atoms with Crippen LogP contribution in [0.3, 0.4) is 0 Å². The van der Waals surface area contributed by atoms with E-state index in [1.807, 2.05) is 0 Å². The van der Waals surface area contributed by atoms with Crippen LogP contribution in [0.2, 0.25) is 0 Å². The van der Waals surface area contributed by atoms with Gasteiger partial charge in [-0.05, 0) is 18.2 Å². The fourth-order valence-corrected chi connectivity index (χ4v) is 3.71. The van der Waals surface area contributed by atoms with Crippen LogP contribution in [0.5, 0.6) is 11.5 Å². The van der Waals surface area contributed by atoms with E-state index in [0.717, 1.165) is 17.4 Å². The van der Waals surface area contributed by atoms with Gasteiger partial charge in [-0.3, -0.25) is 0 Å². The first-order valence-electron chi connectivity index (χ1n) is 7.39. The van der Waals surface area contributed by atoms with Gasteiger partial charge in [0.05, 0.1) is 30.1 Å². The van der Waals surface area contributed by atoms with Gasteiger partial charge in [0.25, 0.3) is 0 Å². The Morgan fingerprint density at radius 1 is 1.08 bits per heavy atom. The highest BCUT2D eigenvalue weighted by Gasteiger charge is 2.60. The number of benzene rings is 2. The highest BCUT2D eigenvalue weighted by molar-refractivity contribution is 7.18. The third-order valence-electron chi connectivity index (χ3n) is 3.96. The predicted octanol–water partition coefficient (Wildman–Crippen LogP) is 3.69. The number of nitrogens with zero attached hydrogens (tertiary/aromatic N) is 1. The van der Waals surface area contributed by atoms with Gasteiger partial charge >= 0.3 is 6.18 Å². The zero-order chi connectivity index (χ0) is 19.1. The average Bonchev–Trinajstić information content (AvgIpc) is 3.04. The van der Waals surface area contributed by atoms with Crippen molar-refractivity contribution in [3.05, 3.63) is 47.0 Å². The fourth-order valence-electron chi connectivity index (χ4n) is 2.62. The maximum absolute atomic E-state index is 14.0. The van der Waals surface area contributed by atoms with Crippen molar-refractivity contribution < 1.29 is 27.8 Å². The molecular weight excluding hydrogens is 369 g/mol. The summed E-state index contributed by atoms with van der Waals surface area (Å²) < 4.78 is 52.7. The number of halogens is 3. The number of anilines is 1. The lowest BCUT2D eigenvalue weighted by Crippen LogP contribution is -2.43. The minimum atomic E-state index is -5.06. The minimum Gasteiger partial charge on any atom is -0.496 e. The summed E-state index contributed by atoms with van der Waals surface area (Å²) in [6.45, 7) is 0. The number of fused-ring (bicyclic) bond motifs is 1. The zero-order valence-corrected chi connectivity index (χ0v) is 14.6. The molecule has 5 nitrogen and oxygen atoms in total. The van der Waals surface area contributed by atoms with E-state index in [1.54, 1.807) is 24.3 Å². The normalized spacial score (nSPS) is 14.2. The van der Waals surface area contributed by atoms with Crippen LogP contribution in [0.1, 0.15) is 10.6 Å². The van der Waals surface area contributed by atoms with Crippen molar-refractivity contribution in [1.82, 2.24) is 4.98 Å². The number of para-hydroxylation sites is 1. The molecule has 0 aliphatic heterocycles. The highest BCUT2D eigenvalue weighted by atomic mass is 32.1. The third-order valence-corrected chi connectivity index (χ3v) is 5.10. The van der Waals surface area contributed by atoms with Crippen LogP contribution in [0.15, 0.2) is 36.4 Å². The van der Waals surface area contributed by atoms with Gasteiger partial charge in [0, 0.05) is 11.6 Å². The summed E-state index contributed by atoms with van der Waals surface area (Å²) in [5.41, 5.74) is 2.26. The van der Waals surface area contributed by atoms with Crippen molar-refractivity contribution in [2.45, 2.75) is 11.8 Å². The monoisotopic (exact) mass is 384 g/mol. The van der Waals surface area contributed by atoms with Gasteiger partial charge < -0.3 is 20.3 Å². The first-order chi connectivity index (χ1) is 12.2. The lowest BCUT2D eigenvalue weighted by atomic mass is 9.92. The minimum absolute atomic E-state index is 0.00964. The molecule has 0 saturated carbocycles. The topological polar surface area (TPSA) is 77.6 Å². The molecule has 0 saturated heterocycles. The van der Waals surface area contributed by atoms with Gasteiger partial charge in [-0.25, -0.2) is 4.98 Å². The molecule has 3 aromatic rings. The molecule has 2 aromatic carbocycles. The lowest BCUT2D eigenvalue weighted by molar-refractivity contribution is -0.248. The van der Waals surface area contributed by atoms with Gasteiger partial charge in [-0.1, -0.05) is 12.1 Å². The number of hydrogen-bond acceptors (Lipinski definition) is 6. The van der Waals surface area contributed by atoms with Gasteiger partial charge in [-0.2, -0.15) is 13.2 Å². The Kier molecular flexibility index (Phi) is 4.45. The summed E-state index contributed by atoms with van der Waals surface area (Å²) >= 11 is 0.754. The van der Waals surface area contributed by atoms with Gasteiger partial charge in [0.1, 0.15) is 16.5 Å². The second-order valence-electron chi connectivity index (χ2n) is 5.49. The molecule has 0 amide bonds. The summed E-state index contributed by atoms with van der Waals surface area (Å²) in [5.74, 6) is -0.230. The maximum Gasteiger partial charge on any atom is 0.428 e. The smallest absolute Gasteiger partial charge is 0.428 e.